The van der Waals surface area contributed by atoms with Crippen molar-refractivity contribution in [1.29, 1.82) is 0 Å². The van der Waals surface area contributed by atoms with E-state index in [0.717, 1.165) is 0 Å². The van der Waals surface area contributed by atoms with Crippen molar-refractivity contribution in [3.8, 4) is 0 Å². The zero-order valence-electron chi connectivity index (χ0n) is 7.89. The molecule has 2 nitrogen and oxygen atoms in total. The van der Waals surface area contributed by atoms with E-state index in [0.29, 0.717) is 6.17 Å². The number of rotatable bonds is 4. The van der Waals surface area contributed by atoms with E-state index in [-0.39, 0.29) is 0 Å². The maximum atomic E-state index is 2.28. The van der Waals surface area contributed by atoms with E-state index >= 15 is 0 Å². The summed E-state index contributed by atoms with van der Waals surface area (Å²) < 4.78 is 0. The van der Waals surface area contributed by atoms with Crippen LogP contribution in [0.15, 0.2) is 0 Å². The van der Waals surface area contributed by atoms with Gasteiger partial charge in [0.25, 0.3) is 0 Å². The highest BCUT2D eigenvalue weighted by atomic mass is 27.0. The van der Waals surface area contributed by atoms with Gasteiger partial charge in [-0.25, -0.2) is 0 Å². The quantitative estimate of drug-likeness (QED) is 0.415. The van der Waals surface area contributed by atoms with Crippen molar-refractivity contribution < 1.29 is 0 Å². The Kier molecular flexibility index (Phi) is 5.38. The fourth-order valence-corrected chi connectivity index (χ4v) is 1.75. The summed E-state index contributed by atoms with van der Waals surface area (Å²) in [6, 6.07) is 0. The van der Waals surface area contributed by atoms with Crippen LogP contribution in [0.2, 0.25) is 5.28 Å². The Morgan fingerprint density at radius 1 is 1.10 bits per heavy atom. The van der Waals surface area contributed by atoms with E-state index in [1.54, 1.807) is 0 Å². The molecule has 0 radical (unpaired) electrons. The Balaban J connectivity index is 3.73. The van der Waals surface area contributed by atoms with Crippen molar-refractivity contribution in [2.24, 2.45) is 0 Å². The minimum Gasteiger partial charge on any atom is -0.294 e. The van der Waals surface area contributed by atoms with Gasteiger partial charge in [0.2, 0.25) is 16.3 Å². The van der Waals surface area contributed by atoms with Crippen molar-refractivity contribution in [2.45, 2.75) is 17.9 Å². The maximum absolute atomic E-state index is 2.28. The molecule has 0 bridgehead atoms. The third kappa shape index (κ3) is 3.58. The fourth-order valence-electron chi connectivity index (χ4n) is 1.24. The first-order valence-electron chi connectivity index (χ1n) is 3.92. The molecule has 0 fully saturated rings. The predicted octanol–water partition coefficient (Wildman–Crippen LogP) is -0.123. The molecule has 0 aromatic heterocycles. The van der Waals surface area contributed by atoms with Gasteiger partial charge in [-0.2, -0.15) is 0 Å². The summed E-state index contributed by atoms with van der Waals surface area (Å²) in [5.41, 5.74) is 0. The molecule has 10 heavy (non-hydrogen) atoms. The molecule has 3 heteroatoms. The van der Waals surface area contributed by atoms with Gasteiger partial charge in [-0.1, -0.05) is 5.28 Å². The molecular weight excluding hydrogens is 139 g/mol. The molecule has 0 heterocycles. The first-order chi connectivity index (χ1) is 4.59. The van der Waals surface area contributed by atoms with Gasteiger partial charge in [-0.05, 0) is 34.6 Å². The standard InChI is InChI=1S/C7H17N2.Al.2H/c1-6-7(8(2)3)9(4)5;;;/h7H,1,6H2,2-5H3;;;. The highest BCUT2D eigenvalue weighted by molar-refractivity contribution is 6.08. The van der Waals surface area contributed by atoms with Crippen LogP contribution in [0.4, 0.5) is 0 Å². The van der Waals surface area contributed by atoms with E-state index in [2.05, 4.69) is 38.0 Å². The Labute approximate surface area is 72.6 Å². The zero-order valence-corrected chi connectivity index (χ0v) is 9.89. The Hall–Kier alpha value is 0.452. The van der Waals surface area contributed by atoms with Gasteiger partial charge in [-0.3, -0.25) is 9.80 Å². The largest absolute Gasteiger partial charge is 0.294 e. The molecule has 0 aromatic rings. The van der Waals surface area contributed by atoms with Gasteiger partial charge < -0.3 is 0 Å². The van der Waals surface area contributed by atoms with Crippen LogP contribution in [0.1, 0.15) is 6.42 Å². The second-order valence-electron chi connectivity index (χ2n) is 3.20. The van der Waals surface area contributed by atoms with Gasteiger partial charge >= 0.3 is 0 Å². The Morgan fingerprint density at radius 2 is 1.50 bits per heavy atom. The highest BCUT2D eigenvalue weighted by Gasteiger charge is 2.10. The molecular formula is C7H19AlN2. The summed E-state index contributed by atoms with van der Waals surface area (Å²) in [5, 5.41) is 1.39. The van der Waals surface area contributed by atoms with E-state index in [9.17, 15) is 0 Å². The molecule has 60 valence electrons. The molecule has 0 atom stereocenters. The lowest BCUT2D eigenvalue weighted by atomic mass is 10.3. The molecule has 0 aromatic carbocycles. The Bertz CT molecular complexity index is 75.7. The van der Waals surface area contributed by atoms with Crippen molar-refractivity contribution in [2.75, 3.05) is 28.2 Å². The molecule has 0 aliphatic heterocycles. The van der Waals surface area contributed by atoms with Crippen molar-refractivity contribution >= 4 is 16.3 Å². The zero-order chi connectivity index (χ0) is 8.15. The minimum absolute atomic E-state index is 0.637. The van der Waals surface area contributed by atoms with Crippen LogP contribution in [0.25, 0.3) is 0 Å². The second-order valence-corrected chi connectivity index (χ2v) is 4.20. The molecule has 0 saturated carbocycles. The summed E-state index contributed by atoms with van der Waals surface area (Å²) in [4.78, 5) is 4.55. The third-order valence-corrected chi connectivity index (χ3v) is 2.32. The summed E-state index contributed by atoms with van der Waals surface area (Å²) in [5.74, 6) is 0. The molecule has 0 amide bonds. The van der Waals surface area contributed by atoms with E-state index in [1.165, 1.54) is 28.0 Å². The lowest BCUT2D eigenvalue weighted by Gasteiger charge is -2.30. The molecule has 0 saturated heterocycles. The number of hydrogen-bond donors (Lipinski definition) is 0. The van der Waals surface area contributed by atoms with Crippen LogP contribution in [0.5, 0.6) is 0 Å². The predicted molar refractivity (Wildman–Crippen MR) is 49.1 cm³/mol. The lowest BCUT2D eigenvalue weighted by molar-refractivity contribution is 0.125. The van der Waals surface area contributed by atoms with E-state index in [4.69, 9.17) is 0 Å². The van der Waals surface area contributed by atoms with Crippen LogP contribution in [-0.2, 0) is 0 Å². The molecule has 0 spiro atoms. The second kappa shape index (κ2) is 5.15. The SMILES string of the molecule is CN(C)C(C[CH2][AlH2])N(C)C. The summed E-state index contributed by atoms with van der Waals surface area (Å²) in [6.45, 7) is 0. The van der Waals surface area contributed by atoms with Crippen LogP contribution in [-0.4, -0.2) is 60.4 Å². The van der Waals surface area contributed by atoms with Crippen LogP contribution >= 0.6 is 0 Å². The van der Waals surface area contributed by atoms with Gasteiger partial charge in [0.1, 0.15) is 0 Å². The van der Waals surface area contributed by atoms with Gasteiger partial charge in [-0.15, -0.1) is 0 Å². The van der Waals surface area contributed by atoms with Gasteiger partial charge in [0.15, 0.2) is 0 Å². The number of nitrogens with zero attached hydrogens (tertiary/aromatic N) is 2. The first kappa shape index (κ1) is 10.5. The normalized spacial score (nSPS) is 11.9. The first-order valence-corrected chi connectivity index (χ1v) is 5.33. The van der Waals surface area contributed by atoms with Gasteiger partial charge in [0.05, 0.1) is 6.17 Å². The molecule has 0 rings (SSSR count). The fraction of sp³-hybridized carbons (Fsp3) is 1.00. The molecule has 0 aliphatic rings. The smallest absolute Gasteiger partial charge is 0.211 e. The van der Waals surface area contributed by atoms with Crippen LogP contribution in [0.3, 0.4) is 0 Å². The Morgan fingerprint density at radius 3 is 1.60 bits per heavy atom. The highest BCUT2D eigenvalue weighted by Crippen LogP contribution is 2.03. The van der Waals surface area contributed by atoms with Crippen molar-refractivity contribution in [3.05, 3.63) is 0 Å². The third-order valence-electron chi connectivity index (χ3n) is 1.74. The summed E-state index contributed by atoms with van der Waals surface area (Å²) >= 11 is 1.33. The lowest BCUT2D eigenvalue weighted by Crippen LogP contribution is -2.40. The van der Waals surface area contributed by atoms with Crippen molar-refractivity contribution in [3.63, 3.8) is 0 Å². The van der Waals surface area contributed by atoms with Crippen LogP contribution in [0, 0.1) is 0 Å². The maximum Gasteiger partial charge on any atom is 0.211 e. The topological polar surface area (TPSA) is 6.48 Å². The summed E-state index contributed by atoms with van der Waals surface area (Å²) in [6.07, 6.45) is 1.95. The van der Waals surface area contributed by atoms with Crippen LogP contribution < -0.4 is 0 Å². The molecule has 0 N–H and O–H groups in total. The van der Waals surface area contributed by atoms with E-state index in [1.807, 2.05) is 0 Å². The summed E-state index contributed by atoms with van der Waals surface area (Å²) in [7, 11) is 8.56. The van der Waals surface area contributed by atoms with Gasteiger partial charge in [0, 0.05) is 0 Å². The minimum atomic E-state index is 0.637. The average molecular weight is 158 g/mol. The van der Waals surface area contributed by atoms with Crippen molar-refractivity contribution in [1.82, 2.24) is 9.80 Å². The van der Waals surface area contributed by atoms with E-state index < -0.39 is 0 Å². The monoisotopic (exact) mass is 158 g/mol. The molecule has 0 aliphatic carbocycles. The molecule has 0 unspecified atom stereocenters. The average Bonchev–Trinajstić information content (AvgIpc) is 1.81. The number of hydrogen-bond acceptors (Lipinski definition) is 2.